The van der Waals surface area contributed by atoms with Crippen LogP contribution in [0.25, 0.3) is 0 Å². The number of aromatic nitrogens is 3. The molecule has 1 saturated heterocycles. The zero-order valence-electron chi connectivity index (χ0n) is 18.9. The van der Waals surface area contributed by atoms with Crippen molar-refractivity contribution in [3.63, 3.8) is 0 Å². The molecule has 0 bridgehead atoms. The molecule has 1 aromatic carbocycles. The summed E-state index contributed by atoms with van der Waals surface area (Å²) in [5, 5.41) is 14.2. The molecule has 0 aliphatic carbocycles. The molecule has 32 heavy (non-hydrogen) atoms. The van der Waals surface area contributed by atoms with Gasteiger partial charge in [-0.05, 0) is 55.5 Å². The summed E-state index contributed by atoms with van der Waals surface area (Å²) in [6, 6.07) is 15.2. The largest absolute Gasteiger partial charge is 0.356 e. The molecule has 1 N–H and O–H groups in total. The molecule has 3 aromatic rings. The van der Waals surface area contributed by atoms with Crippen LogP contribution in [0.3, 0.4) is 0 Å². The Bertz CT molecular complexity index is 962. The second-order valence-electron chi connectivity index (χ2n) is 8.24. The van der Waals surface area contributed by atoms with E-state index >= 15 is 0 Å². The minimum atomic E-state index is 0. The molecule has 172 valence electrons. The van der Waals surface area contributed by atoms with Crippen LogP contribution < -0.4 is 5.32 Å². The van der Waals surface area contributed by atoms with Crippen molar-refractivity contribution in [3.05, 3.63) is 69.9 Å². The highest BCUT2D eigenvalue weighted by molar-refractivity contribution is 14.0. The van der Waals surface area contributed by atoms with Crippen LogP contribution in [-0.2, 0) is 26.4 Å². The number of hydrogen-bond acceptors (Lipinski definition) is 4. The van der Waals surface area contributed by atoms with Gasteiger partial charge in [-0.3, -0.25) is 0 Å². The summed E-state index contributed by atoms with van der Waals surface area (Å²) in [6.45, 7) is 5.49. The summed E-state index contributed by atoms with van der Waals surface area (Å²) in [5.74, 6) is 3.55. The number of aliphatic imine (C=N–C) groups is 1. The lowest BCUT2D eigenvalue weighted by atomic mass is 9.90. The normalized spacial score (nSPS) is 14.9. The Labute approximate surface area is 212 Å². The number of hydrogen-bond donors (Lipinski definition) is 1. The number of aryl methyl sites for hydroxylation is 1. The predicted octanol–water partition coefficient (Wildman–Crippen LogP) is 4.45. The number of nitrogens with zero attached hydrogens (tertiary/aromatic N) is 5. The first kappa shape index (κ1) is 24.7. The van der Waals surface area contributed by atoms with Gasteiger partial charge in [-0.15, -0.1) is 45.5 Å². The fourth-order valence-electron chi connectivity index (χ4n) is 4.05. The van der Waals surface area contributed by atoms with Gasteiger partial charge < -0.3 is 14.8 Å². The van der Waals surface area contributed by atoms with Crippen molar-refractivity contribution < 1.29 is 0 Å². The molecule has 0 amide bonds. The first-order chi connectivity index (χ1) is 15.2. The van der Waals surface area contributed by atoms with Crippen molar-refractivity contribution in [1.82, 2.24) is 25.0 Å². The third kappa shape index (κ3) is 6.78. The average Bonchev–Trinajstić information content (AvgIpc) is 3.43. The number of rotatable bonds is 7. The van der Waals surface area contributed by atoms with Crippen molar-refractivity contribution in [1.29, 1.82) is 0 Å². The third-order valence-electron chi connectivity index (χ3n) is 6.07. The van der Waals surface area contributed by atoms with E-state index in [4.69, 9.17) is 4.99 Å². The van der Waals surface area contributed by atoms with E-state index in [1.165, 1.54) is 29.7 Å². The lowest BCUT2D eigenvalue weighted by Gasteiger charge is -2.34. The van der Waals surface area contributed by atoms with Crippen LogP contribution in [-0.4, -0.2) is 45.3 Å². The van der Waals surface area contributed by atoms with Gasteiger partial charge in [0.25, 0.3) is 0 Å². The highest BCUT2D eigenvalue weighted by atomic mass is 127. The van der Waals surface area contributed by atoms with Crippen molar-refractivity contribution in [3.8, 4) is 0 Å². The van der Waals surface area contributed by atoms with Crippen LogP contribution in [0, 0.1) is 12.8 Å². The molecule has 0 radical (unpaired) electrons. The zero-order valence-corrected chi connectivity index (χ0v) is 22.1. The van der Waals surface area contributed by atoms with Gasteiger partial charge in [-0.2, -0.15) is 0 Å². The van der Waals surface area contributed by atoms with Gasteiger partial charge in [0.05, 0.1) is 0 Å². The quantitative estimate of drug-likeness (QED) is 0.262. The maximum Gasteiger partial charge on any atom is 0.194 e. The van der Waals surface area contributed by atoms with Gasteiger partial charge in [0.15, 0.2) is 11.8 Å². The van der Waals surface area contributed by atoms with Gasteiger partial charge in [-0.25, -0.2) is 4.99 Å². The molecule has 4 rings (SSSR count). The molecular weight excluding hydrogens is 531 g/mol. The number of nitrogens with one attached hydrogen (secondary N) is 1. The first-order valence-electron chi connectivity index (χ1n) is 11.1. The zero-order chi connectivity index (χ0) is 21.5. The maximum atomic E-state index is 4.93. The predicted molar refractivity (Wildman–Crippen MR) is 143 cm³/mol. The Morgan fingerprint density at radius 2 is 1.91 bits per heavy atom. The lowest BCUT2D eigenvalue weighted by Crippen LogP contribution is -2.46. The van der Waals surface area contributed by atoms with Crippen LogP contribution in [0.1, 0.15) is 34.9 Å². The van der Waals surface area contributed by atoms with Gasteiger partial charge >= 0.3 is 0 Å². The number of thiophene rings is 1. The van der Waals surface area contributed by atoms with Crippen LogP contribution in [0.15, 0.2) is 52.8 Å². The van der Waals surface area contributed by atoms with Crippen LogP contribution in [0.5, 0.6) is 0 Å². The Kier molecular flexibility index (Phi) is 9.52. The van der Waals surface area contributed by atoms with E-state index in [-0.39, 0.29) is 24.0 Å². The monoisotopic (exact) mass is 564 g/mol. The van der Waals surface area contributed by atoms with Crippen LogP contribution >= 0.6 is 35.3 Å². The Balaban J connectivity index is 0.00000289. The lowest BCUT2D eigenvalue weighted by molar-refractivity contribution is 0.258. The summed E-state index contributed by atoms with van der Waals surface area (Å²) >= 11 is 1.81. The van der Waals surface area contributed by atoms with E-state index in [0.717, 1.165) is 49.6 Å². The Hall–Kier alpha value is -1.94. The number of piperidine rings is 1. The summed E-state index contributed by atoms with van der Waals surface area (Å²) in [6.07, 6.45) is 4.59. The molecule has 8 heteroatoms. The van der Waals surface area contributed by atoms with Crippen molar-refractivity contribution >= 4 is 41.3 Å². The molecule has 2 aromatic heterocycles. The van der Waals surface area contributed by atoms with E-state index in [9.17, 15) is 0 Å². The number of likely N-dealkylation sites (tertiary alicyclic amines) is 1. The van der Waals surface area contributed by atoms with Crippen LogP contribution in [0.2, 0.25) is 0 Å². The third-order valence-corrected chi connectivity index (χ3v) is 7.01. The maximum absolute atomic E-state index is 4.93. The van der Waals surface area contributed by atoms with Gasteiger partial charge in [-0.1, -0.05) is 36.4 Å². The minimum Gasteiger partial charge on any atom is -0.356 e. The Morgan fingerprint density at radius 3 is 2.56 bits per heavy atom. The summed E-state index contributed by atoms with van der Waals surface area (Å²) in [7, 11) is 2.00. The molecular formula is C24H33IN6S. The van der Waals surface area contributed by atoms with Crippen molar-refractivity contribution in [2.75, 3.05) is 19.6 Å². The fourth-order valence-corrected chi connectivity index (χ4v) is 4.76. The fraction of sp³-hybridized carbons (Fsp3) is 0.458. The summed E-state index contributed by atoms with van der Waals surface area (Å²) in [5.41, 5.74) is 1.45. The second kappa shape index (κ2) is 12.3. The molecule has 0 unspecified atom stereocenters. The van der Waals surface area contributed by atoms with Crippen molar-refractivity contribution in [2.45, 2.75) is 39.2 Å². The van der Waals surface area contributed by atoms with Crippen LogP contribution in [0.4, 0.5) is 0 Å². The van der Waals surface area contributed by atoms with Crippen molar-refractivity contribution in [2.24, 2.45) is 18.0 Å². The molecule has 0 atom stereocenters. The van der Waals surface area contributed by atoms with E-state index in [1.807, 2.05) is 29.9 Å². The number of guanidine groups is 1. The average molecular weight is 565 g/mol. The first-order valence-corrected chi connectivity index (χ1v) is 12.0. The topological polar surface area (TPSA) is 58.3 Å². The molecule has 1 fully saturated rings. The number of halogens is 1. The minimum absolute atomic E-state index is 0. The van der Waals surface area contributed by atoms with E-state index in [0.29, 0.717) is 6.54 Å². The Morgan fingerprint density at radius 1 is 1.12 bits per heavy atom. The van der Waals surface area contributed by atoms with Gasteiger partial charge in [0.2, 0.25) is 0 Å². The smallest absolute Gasteiger partial charge is 0.194 e. The molecule has 1 aliphatic heterocycles. The van der Waals surface area contributed by atoms with E-state index < -0.39 is 0 Å². The van der Waals surface area contributed by atoms with Gasteiger partial charge in [0, 0.05) is 31.6 Å². The highest BCUT2D eigenvalue weighted by Gasteiger charge is 2.22. The standard InChI is InChI=1S/C24H32N6S.HI/c1-19-27-28-23(29(19)2)18-26-24(25-13-10-22-9-6-16-31-22)30-14-11-21(12-15-30)17-20-7-4-3-5-8-20;/h3-9,16,21H,10-15,17-18H2,1-2H3,(H,25,26);1H. The second-order valence-corrected chi connectivity index (χ2v) is 9.27. The van der Waals surface area contributed by atoms with E-state index in [2.05, 4.69) is 68.3 Å². The highest BCUT2D eigenvalue weighted by Crippen LogP contribution is 2.22. The van der Waals surface area contributed by atoms with E-state index in [1.54, 1.807) is 0 Å². The van der Waals surface area contributed by atoms with Gasteiger partial charge in [0.1, 0.15) is 12.4 Å². The molecule has 0 saturated carbocycles. The summed E-state index contributed by atoms with van der Waals surface area (Å²) in [4.78, 5) is 8.75. The molecule has 0 spiro atoms. The number of benzene rings is 1. The molecule has 3 heterocycles. The molecule has 1 aliphatic rings. The summed E-state index contributed by atoms with van der Waals surface area (Å²) < 4.78 is 2.01. The SMILES string of the molecule is Cc1nnc(CN=C(NCCc2cccs2)N2CCC(Cc3ccccc3)CC2)n1C.I. The molecule has 6 nitrogen and oxygen atoms in total.